The summed E-state index contributed by atoms with van der Waals surface area (Å²) >= 11 is 0. The van der Waals surface area contributed by atoms with E-state index in [1.54, 1.807) is 24.3 Å². The number of hydrogen-bond acceptors (Lipinski definition) is 4. The fourth-order valence-corrected chi connectivity index (χ4v) is 1.25. The van der Waals surface area contributed by atoms with Crippen LogP contribution in [0.5, 0.6) is 0 Å². The predicted octanol–water partition coefficient (Wildman–Crippen LogP) is -0.627. The van der Waals surface area contributed by atoms with Crippen molar-refractivity contribution in [3.8, 4) is 0 Å². The average molecular weight is 238 g/mol. The lowest BCUT2D eigenvalue weighted by Gasteiger charge is -2.08. The number of nitrogens with two attached hydrogens (primary N) is 1. The highest BCUT2D eigenvalue weighted by Crippen LogP contribution is 2.06. The van der Waals surface area contributed by atoms with Crippen molar-refractivity contribution in [2.24, 2.45) is 0 Å². The Morgan fingerprint density at radius 3 is 2.71 bits per heavy atom. The minimum Gasteiger partial charge on any atom is -0.479 e. The maximum atomic E-state index is 11.4. The molecule has 5 N–H and O–H groups in total. The first-order valence-corrected chi connectivity index (χ1v) is 5.01. The third kappa shape index (κ3) is 4.52. The van der Waals surface area contributed by atoms with Crippen LogP contribution >= 0.6 is 0 Å². The van der Waals surface area contributed by atoms with E-state index in [1.807, 2.05) is 0 Å². The van der Waals surface area contributed by atoms with Gasteiger partial charge in [-0.05, 0) is 17.7 Å². The summed E-state index contributed by atoms with van der Waals surface area (Å²) in [6.45, 7) is -0.309. The average Bonchev–Trinajstić information content (AvgIpc) is 2.25. The van der Waals surface area contributed by atoms with E-state index in [9.17, 15) is 9.59 Å². The van der Waals surface area contributed by atoms with E-state index < -0.39 is 12.1 Å². The summed E-state index contributed by atoms with van der Waals surface area (Å²) in [6.07, 6.45) is -1.49. The van der Waals surface area contributed by atoms with Gasteiger partial charge in [-0.3, -0.25) is 4.79 Å². The van der Waals surface area contributed by atoms with Gasteiger partial charge in [0.1, 0.15) is 0 Å². The van der Waals surface area contributed by atoms with E-state index in [2.05, 4.69) is 5.32 Å². The Morgan fingerprint density at radius 2 is 2.12 bits per heavy atom. The van der Waals surface area contributed by atoms with E-state index in [0.717, 1.165) is 5.56 Å². The predicted molar refractivity (Wildman–Crippen MR) is 61.2 cm³/mol. The second-order valence-electron chi connectivity index (χ2n) is 3.58. The van der Waals surface area contributed by atoms with Crippen LogP contribution in [-0.2, 0) is 16.0 Å². The van der Waals surface area contributed by atoms with E-state index in [0.29, 0.717) is 5.69 Å². The number of aliphatic hydroxyl groups is 1. The summed E-state index contributed by atoms with van der Waals surface area (Å²) in [5, 5.41) is 19.7. The summed E-state index contributed by atoms with van der Waals surface area (Å²) in [6, 6.07) is 6.83. The molecule has 1 rings (SSSR count). The Labute approximate surface area is 98.1 Å². The minimum absolute atomic E-state index is 0.0946. The Bertz CT molecular complexity index is 420. The van der Waals surface area contributed by atoms with Crippen molar-refractivity contribution in [1.82, 2.24) is 5.32 Å². The summed E-state index contributed by atoms with van der Waals surface area (Å²) in [5.74, 6) is -1.73. The van der Waals surface area contributed by atoms with Crippen LogP contribution in [0.3, 0.4) is 0 Å². The summed E-state index contributed by atoms with van der Waals surface area (Å²) in [5.41, 5.74) is 6.83. The summed E-state index contributed by atoms with van der Waals surface area (Å²) in [7, 11) is 0. The van der Waals surface area contributed by atoms with Crippen LogP contribution in [0.4, 0.5) is 5.69 Å². The molecule has 1 aromatic carbocycles. The Balaban J connectivity index is 2.42. The molecule has 0 aromatic heterocycles. The number of hydrogen-bond donors (Lipinski definition) is 4. The van der Waals surface area contributed by atoms with Crippen molar-refractivity contribution < 1.29 is 19.8 Å². The van der Waals surface area contributed by atoms with Crippen LogP contribution in [0.15, 0.2) is 24.3 Å². The lowest BCUT2D eigenvalue weighted by Crippen LogP contribution is -2.37. The molecule has 0 bridgehead atoms. The monoisotopic (exact) mass is 238 g/mol. The van der Waals surface area contributed by atoms with Crippen LogP contribution in [0.2, 0.25) is 0 Å². The largest absolute Gasteiger partial charge is 0.479 e. The van der Waals surface area contributed by atoms with Gasteiger partial charge in [-0.25, -0.2) is 4.79 Å². The zero-order valence-corrected chi connectivity index (χ0v) is 9.09. The number of carbonyl (C=O) groups excluding carboxylic acids is 1. The number of rotatable bonds is 5. The first kappa shape index (κ1) is 13.0. The van der Waals surface area contributed by atoms with E-state index >= 15 is 0 Å². The normalized spacial score (nSPS) is 11.8. The molecular formula is C11H14N2O4. The SMILES string of the molecule is Nc1cccc(CC(=O)NCC(O)C(=O)O)c1. The Kier molecular flexibility index (Phi) is 4.47. The van der Waals surface area contributed by atoms with Crippen molar-refractivity contribution >= 4 is 17.6 Å². The first-order valence-electron chi connectivity index (χ1n) is 5.01. The molecule has 0 aliphatic carbocycles. The molecule has 0 spiro atoms. The van der Waals surface area contributed by atoms with Crippen LogP contribution in [-0.4, -0.2) is 34.7 Å². The number of benzene rings is 1. The lowest BCUT2D eigenvalue weighted by atomic mass is 10.1. The van der Waals surface area contributed by atoms with Crippen molar-refractivity contribution in [2.45, 2.75) is 12.5 Å². The topological polar surface area (TPSA) is 113 Å². The van der Waals surface area contributed by atoms with Crippen LogP contribution in [0.25, 0.3) is 0 Å². The molecule has 0 saturated carbocycles. The Hall–Kier alpha value is -2.08. The molecule has 6 nitrogen and oxygen atoms in total. The van der Waals surface area contributed by atoms with Crippen molar-refractivity contribution in [1.29, 1.82) is 0 Å². The number of carboxylic acids is 1. The van der Waals surface area contributed by atoms with E-state index in [-0.39, 0.29) is 18.9 Å². The highest BCUT2D eigenvalue weighted by molar-refractivity contribution is 5.80. The number of nitrogens with one attached hydrogen (secondary N) is 1. The van der Waals surface area contributed by atoms with Gasteiger partial charge in [0.05, 0.1) is 13.0 Å². The number of carbonyl (C=O) groups is 2. The third-order valence-electron chi connectivity index (χ3n) is 2.09. The number of aliphatic hydroxyl groups excluding tert-OH is 1. The maximum Gasteiger partial charge on any atom is 0.334 e. The molecule has 92 valence electrons. The second-order valence-corrected chi connectivity index (χ2v) is 3.58. The molecule has 17 heavy (non-hydrogen) atoms. The van der Waals surface area contributed by atoms with E-state index in [4.69, 9.17) is 15.9 Å². The van der Waals surface area contributed by atoms with Crippen LogP contribution < -0.4 is 11.1 Å². The molecule has 6 heteroatoms. The Morgan fingerprint density at radius 1 is 1.41 bits per heavy atom. The molecule has 1 atom stereocenters. The molecule has 0 fully saturated rings. The zero-order chi connectivity index (χ0) is 12.8. The van der Waals surface area contributed by atoms with Crippen molar-refractivity contribution in [2.75, 3.05) is 12.3 Å². The van der Waals surface area contributed by atoms with Crippen molar-refractivity contribution in [3.05, 3.63) is 29.8 Å². The van der Waals surface area contributed by atoms with Gasteiger partial charge in [0, 0.05) is 5.69 Å². The number of anilines is 1. The van der Waals surface area contributed by atoms with Gasteiger partial charge >= 0.3 is 5.97 Å². The van der Waals surface area contributed by atoms with E-state index in [1.165, 1.54) is 0 Å². The first-order chi connectivity index (χ1) is 7.99. The van der Waals surface area contributed by atoms with Gasteiger partial charge in [0.15, 0.2) is 6.10 Å². The molecule has 0 radical (unpaired) electrons. The number of aliphatic carboxylic acids is 1. The maximum absolute atomic E-state index is 11.4. The number of nitrogen functional groups attached to an aromatic ring is 1. The molecular weight excluding hydrogens is 224 g/mol. The molecule has 0 aliphatic rings. The van der Waals surface area contributed by atoms with Gasteiger partial charge in [-0.2, -0.15) is 0 Å². The zero-order valence-electron chi connectivity index (χ0n) is 9.09. The van der Waals surface area contributed by atoms with Gasteiger partial charge in [-0.1, -0.05) is 12.1 Å². The van der Waals surface area contributed by atoms with Gasteiger partial charge < -0.3 is 21.3 Å². The molecule has 1 unspecified atom stereocenters. The number of carboxylic acid groups (broad SMARTS) is 1. The van der Waals surface area contributed by atoms with Gasteiger partial charge in [-0.15, -0.1) is 0 Å². The molecule has 0 saturated heterocycles. The van der Waals surface area contributed by atoms with Crippen LogP contribution in [0, 0.1) is 0 Å². The number of amides is 1. The molecule has 1 amide bonds. The smallest absolute Gasteiger partial charge is 0.334 e. The quantitative estimate of drug-likeness (QED) is 0.510. The third-order valence-corrected chi connectivity index (χ3v) is 2.09. The fourth-order valence-electron chi connectivity index (χ4n) is 1.25. The molecule has 0 heterocycles. The summed E-state index contributed by atoms with van der Waals surface area (Å²) < 4.78 is 0. The minimum atomic E-state index is -1.58. The molecule has 0 aliphatic heterocycles. The lowest BCUT2D eigenvalue weighted by molar-refractivity contribution is -0.146. The summed E-state index contributed by atoms with van der Waals surface area (Å²) in [4.78, 5) is 21.7. The fraction of sp³-hybridized carbons (Fsp3) is 0.273. The van der Waals surface area contributed by atoms with Gasteiger partial charge in [0.2, 0.25) is 5.91 Å². The standard InChI is InChI=1S/C11H14N2O4/c12-8-3-1-2-7(4-8)5-10(15)13-6-9(14)11(16)17/h1-4,9,14H,5-6,12H2,(H,13,15)(H,16,17). The highest BCUT2D eigenvalue weighted by atomic mass is 16.4. The van der Waals surface area contributed by atoms with Crippen LogP contribution in [0.1, 0.15) is 5.56 Å². The second kappa shape index (κ2) is 5.86. The van der Waals surface area contributed by atoms with Crippen molar-refractivity contribution in [3.63, 3.8) is 0 Å². The highest BCUT2D eigenvalue weighted by Gasteiger charge is 2.14. The van der Waals surface area contributed by atoms with Gasteiger partial charge in [0.25, 0.3) is 0 Å². The molecule has 1 aromatic rings.